The van der Waals surface area contributed by atoms with Crippen LogP contribution >= 0.6 is 0 Å². The van der Waals surface area contributed by atoms with Gasteiger partial charge in [-0.1, -0.05) is 19.1 Å². The summed E-state index contributed by atoms with van der Waals surface area (Å²) in [7, 11) is -5.56. The minimum absolute atomic E-state index is 0.184. The molecule has 0 fully saturated rings. The summed E-state index contributed by atoms with van der Waals surface area (Å²) in [6, 6.07) is 11.2. The lowest BCUT2D eigenvalue weighted by atomic mass is 10.1. The Kier molecular flexibility index (Phi) is 7.72. The maximum Gasteiger partial charge on any atom is 0.244 e. The van der Waals surface area contributed by atoms with Crippen LogP contribution < -0.4 is 14.4 Å². The van der Waals surface area contributed by atoms with Crippen LogP contribution in [0, 0.1) is 0 Å². The molecule has 8 nitrogen and oxygen atoms in total. The van der Waals surface area contributed by atoms with E-state index in [-0.39, 0.29) is 11.3 Å². The van der Waals surface area contributed by atoms with Gasteiger partial charge in [-0.25, -0.2) is 16.8 Å². The third-order valence-corrected chi connectivity index (χ3v) is 7.13. The summed E-state index contributed by atoms with van der Waals surface area (Å²) in [5.41, 5.74) is 1.06. The average molecular weight is 469 g/mol. The molecule has 0 saturated heterocycles. The molecule has 170 valence electrons. The van der Waals surface area contributed by atoms with E-state index < -0.39 is 37.9 Å². The normalized spacial score (nSPS) is 13.8. The van der Waals surface area contributed by atoms with Crippen molar-refractivity contribution < 1.29 is 26.4 Å². The molecule has 0 saturated carbocycles. The zero-order valence-electron chi connectivity index (χ0n) is 18.2. The van der Waals surface area contributed by atoms with Crippen molar-refractivity contribution in [3.8, 4) is 5.75 Å². The van der Waals surface area contributed by atoms with Gasteiger partial charge in [0.25, 0.3) is 0 Å². The van der Waals surface area contributed by atoms with Crippen LogP contribution in [0.2, 0.25) is 0 Å². The number of nitrogens with one attached hydrogen (secondary N) is 1. The van der Waals surface area contributed by atoms with E-state index in [1.165, 1.54) is 19.2 Å². The van der Waals surface area contributed by atoms with Crippen molar-refractivity contribution >= 4 is 31.5 Å². The standard InChI is InChI=1S/C21H28N2O6S2/c1-6-20(23(31(5,27)28)17-9-11-18(29-3)12-10-17)21(24)22-15(2)16-7-13-19(14-8-16)30(4,25)26/h7-15,20H,6H2,1-5H3,(H,22,24)/t15-,20-/m0/s1. The van der Waals surface area contributed by atoms with Crippen LogP contribution in [0.1, 0.15) is 31.9 Å². The van der Waals surface area contributed by atoms with Gasteiger partial charge in [-0.15, -0.1) is 0 Å². The van der Waals surface area contributed by atoms with Gasteiger partial charge in [-0.3, -0.25) is 9.10 Å². The van der Waals surface area contributed by atoms with Crippen molar-refractivity contribution in [3.05, 3.63) is 54.1 Å². The molecule has 0 spiro atoms. The van der Waals surface area contributed by atoms with Gasteiger partial charge in [0.1, 0.15) is 11.8 Å². The van der Waals surface area contributed by atoms with Crippen LogP contribution in [0.3, 0.4) is 0 Å². The minimum atomic E-state index is -3.75. The molecule has 0 radical (unpaired) electrons. The summed E-state index contributed by atoms with van der Waals surface area (Å²) in [6.45, 7) is 3.48. The van der Waals surface area contributed by atoms with Gasteiger partial charge in [-0.05, 0) is 55.3 Å². The topological polar surface area (TPSA) is 110 Å². The lowest BCUT2D eigenvalue weighted by Gasteiger charge is -2.31. The second-order valence-corrected chi connectivity index (χ2v) is 11.1. The third kappa shape index (κ3) is 6.20. The summed E-state index contributed by atoms with van der Waals surface area (Å²) < 4.78 is 54.5. The SMILES string of the molecule is CC[C@@H](C(=O)N[C@@H](C)c1ccc(S(C)(=O)=O)cc1)N(c1ccc(OC)cc1)S(C)(=O)=O. The molecule has 0 heterocycles. The molecule has 31 heavy (non-hydrogen) atoms. The van der Waals surface area contributed by atoms with Gasteiger partial charge in [0.15, 0.2) is 9.84 Å². The number of ether oxygens (including phenoxy) is 1. The molecular formula is C21H28N2O6S2. The van der Waals surface area contributed by atoms with E-state index in [9.17, 15) is 21.6 Å². The maximum absolute atomic E-state index is 13.0. The quantitative estimate of drug-likeness (QED) is 0.606. The van der Waals surface area contributed by atoms with Gasteiger partial charge < -0.3 is 10.1 Å². The number of amides is 1. The van der Waals surface area contributed by atoms with Gasteiger partial charge in [0, 0.05) is 6.26 Å². The summed E-state index contributed by atoms with van der Waals surface area (Å²) in [4.78, 5) is 13.2. The van der Waals surface area contributed by atoms with Crippen molar-refractivity contribution in [2.45, 2.75) is 37.2 Å². The molecule has 0 aliphatic carbocycles. The maximum atomic E-state index is 13.0. The predicted molar refractivity (Wildman–Crippen MR) is 121 cm³/mol. The Labute approximate surface area is 184 Å². The third-order valence-electron chi connectivity index (χ3n) is 4.82. The summed E-state index contributed by atoms with van der Waals surface area (Å²) in [5, 5.41) is 2.83. The fraction of sp³-hybridized carbons (Fsp3) is 0.381. The number of sulfone groups is 1. The number of hydrogen-bond donors (Lipinski definition) is 1. The smallest absolute Gasteiger partial charge is 0.244 e. The second-order valence-electron chi connectivity index (χ2n) is 7.25. The number of hydrogen-bond acceptors (Lipinski definition) is 6. The zero-order chi connectivity index (χ0) is 23.4. The van der Waals surface area contributed by atoms with Crippen LogP contribution in [0.5, 0.6) is 5.75 Å². The average Bonchev–Trinajstić information content (AvgIpc) is 2.70. The van der Waals surface area contributed by atoms with Gasteiger partial charge >= 0.3 is 0 Å². The lowest BCUT2D eigenvalue weighted by Crippen LogP contribution is -2.49. The molecule has 0 aliphatic rings. The Morgan fingerprint density at radius 2 is 1.55 bits per heavy atom. The Balaban J connectivity index is 2.28. The molecule has 1 amide bonds. The summed E-state index contributed by atoms with van der Waals surface area (Å²) in [6.07, 6.45) is 2.43. The highest BCUT2D eigenvalue weighted by Crippen LogP contribution is 2.26. The van der Waals surface area contributed by atoms with E-state index in [4.69, 9.17) is 4.74 Å². The predicted octanol–water partition coefficient (Wildman–Crippen LogP) is 2.52. The highest BCUT2D eigenvalue weighted by atomic mass is 32.2. The Morgan fingerprint density at radius 1 is 1.00 bits per heavy atom. The van der Waals surface area contributed by atoms with E-state index in [1.54, 1.807) is 50.2 Å². The Hall–Kier alpha value is -2.59. The monoisotopic (exact) mass is 468 g/mol. The van der Waals surface area contributed by atoms with E-state index in [0.29, 0.717) is 17.0 Å². The highest BCUT2D eigenvalue weighted by Gasteiger charge is 2.32. The first kappa shape index (κ1) is 24.7. The van der Waals surface area contributed by atoms with Crippen molar-refractivity contribution in [1.29, 1.82) is 0 Å². The van der Waals surface area contributed by atoms with Crippen molar-refractivity contribution in [3.63, 3.8) is 0 Å². The first-order valence-electron chi connectivity index (χ1n) is 9.62. The number of methoxy groups -OCH3 is 1. The number of nitrogens with zero attached hydrogens (tertiary/aromatic N) is 1. The van der Waals surface area contributed by atoms with Crippen LogP contribution in [0.25, 0.3) is 0 Å². The lowest BCUT2D eigenvalue weighted by molar-refractivity contribution is -0.122. The highest BCUT2D eigenvalue weighted by molar-refractivity contribution is 7.92. The largest absolute Gasteiger partial charge is 0.497 e. The molecule has 2 aromatic carbocycles. The van der Waals surface area contributed by atoms with Crippen LogP contribution in [0.15, 0.2) is 53.4 Å². The van der Waals surface area contributed by atoms with Crippen LogP contribution in [-0.2, 0) is 24.7 Å². The van der Waals surface area contributed by atoms with E-state index >= 15 is 0 Å². The van der Waals surface area contributed by atoms with Crippen molar-refractivity contribution in [2.24, 2.45) is 0 Å². The number of benzene rings is 2. The Bertz CT molecular complexity index is 1110. The van der Waals surface area contributed by atoms with Crippen LogP contribution in [0.4, 0.5) is 5.69 Å². The Morgan fingerprint density at radius 3 is 1.97 bits per heavy atom. The van der Waals surface area contributed by atoms with E-state index in [0.717, 1.165) is 16.8 Å². The van der Waals surface area contributed by atoms with Crippen molar-refractivity contribution in [2.75, 3.05) is 23.9 Å². The minimum Gasteiger partial charge on any atom is -0.497 e. The number of rotatable bonds is 9. The molecule has 2 atom stereocenters. The van der Waals surface area contributed by atoms with E-state index in [2.05, 4.69) is 5.32 Å². The summed E-state index contributed by atoms with van der Waals surface area (Å²) in [5.74, 6) is 0.115. The molecule has 10 heteroatoms. The molecule has 1 N–H and O–H groups in total. The fourth-order valence-electron chi connectivity index (χ4n) is 3.19. The molecule has 0 bridgehead atoms. The molecular weight excluding hydrogens is 440 g/mol. The second kappa shape index (κ2) is 9.69. The van der Waals surface area contributed by atoms with Crippen LogP contribution in [-0.4, -0.2) is 48.4 Å². The number of anilines is 1. The van der Waals surface area contributed by atoms with Gasteiger partial charge in [-0.2, -0.15) is 0 Å². The molecule has 2 aromatic rings. The fourth-order valence-corrected chi connectivity index (χ4v) is 5.03. The van der Waals surface area contributed by atoms with Crippen molar-refractivity contribution in [1.82, 2.24) is 5.32 Å². The summed E-state index contributed by atoms with van der Waals surface area (Å²) >= 11 is 0. The number of carbonyl (C=O) groups is 1. The molecule has 0 unspecified atom stereocenters. The number of carbonyl (C=O) groups excluding carboxylic acids is 1. The van der Waals surface area contributed by atoms with E-state index in [1.807, 2.05) is 0 Å². The number of sulfonamides is 1. The van der Waals surface area contributed by atoms with Gasteiger partial charge in [0.05, 0.1) is 30.0 Å². The first-order chi connectivity index (χ1) is 14.4. The molecule has 2 rings (SSSR count). The first-order valence-corrected chi connectivity index (χ1v) is 13.4. The zero-order valence-corrected chi connectivity index (χ0v) is 19.8. The molecule has 0 aliphatic heterocycles. The van der Waals surface area contributed by atoms with Gasteiger partial charge in [0.2, 0.25) is 15.9 Å². The molecule has 0 aromatic heterocycles.